The van der Waals surface area contributed by atoms with Crippen LogP contribution in [0.25, 0.3) is 0 Å². The van der Waals surface area contributed by atoms with Crippen molar-refractivity contribution in [2.45, 2.75) is 46.5 Å². The summed E-state index contributed by atoms with van der Waals surface area (Å²) < 4.78 is 24.4. The van der Waals surface area contributed by atoms with E-state index in [1.165, 1.54) is 6.92 Å². The average molecular weight is 374 g/mol. The van der Waals surface area contributed by atoms with Gasteiger partial charge in [-0.3, -0.25) is 4.79 Å². The van der Waals surface area contributed by atoms with E-state index in [9.17, 15) is 9.36 Å². The zero-order valence-electron chi connectivity index (χ0n) is 16.1. The van der Waals surface area contributed by atoms with Crippen molar-refractivity contribution in [1.29, 1.82) is 0 Å². The maximum Gasteiger partial charge on any atom is 0.438 e. The Morgan fingerprint density at radius 1 is 0.808 bits per heavy atom. The molecule has 26 heavy (non-hydrogen) atoms. The lowest BCUT2D eigenvalue weighted by Crippen LogP contribution is -2.10. The summed E-state index contributed by atoms with van der Waals surface area (Å²) in [4.78, 5) is 11.6. The van der Waals surface area contributed by atoms with E-state index >= 15 is 0 Å². The molecule has 0 saturated heterocycles. The molecule has 0 bridgehead atoms. The maximum absolute atomic E-state index is 13.1. The minimum absolute atomic E-state index is 0.245. The second kappa shape index (κ2) is 8.55. The number of carbonyl (C=O) groups is 1. The Morgan fingerprint density at radius 3 is 1.42 bits per heavy atom. The third-order valence-corrected chi connectivity index (χ3v) is 5.81. The monoisotopic (exact) mass is 374 g/mol. The Hall–Kier alpha value is -2.06. The lowest BCUT2D eigenvalue weighted by atomic mass is 10.0. The van der Waals surface area contributed by atoms with Crippen molar-refractivity contribution < 1.29 is 18.4 Å². The van der Waals surface area contributed by atoms with Crippen molar-refractivity contribution in [2.24, 2.45) is 0 Å². The lowest BCUT2D eigenvalue weighted by Gasteiger charge is -2.20. The molecule has 0 spiro atoms. The van der Waals surface area contributed by atoms with Gasteiger partial charge in [0.25, 0.3) is 0 Å². The summed E-state index contributed by atoms with van der Waals surface area (Å²) in [6, 6.07) is 14.7. The van der Waals surface area contributed by atoms with Gasteiger partial charge in [-0.05, 0) is 54.2 Å². The number of ketones is 1. The van der Waals surface area contributed by atoms with Crippen LogP contribution in [-0.2, 0) is 9.36 Å². The van der Waals surface area contributed by atoms with Gasteiger partial charge in [0.05, 0.1) is 0 Å². The summed E-state index contributed by atoms with van der Waals surface area (Å²) in [5.41, 5.74) is 2.31. The quantitative estimate of drug-likeness (QED) is 0.518. The summed E-state index contributed by atoms with van der Waals surface area (Å²) >= 11 is 0. The van der Waals surface area contributed by atoms with E-state index < -0.39 is 7.60 Å². The third kappa shape index (κ3) is 5.74. The van der Waals surface area contributed by atoms with Gasteiger partial charge in [0.15, 0.2) is 0 Å². The van der Waals surface area contributed by atoms with Crippen LogP contribution in [0.2, 0.25) is 0 Å². The molecule has 0 aromatic heterocycles. The Kier molecular flexibility index (Phi) is 6.66. The largest absolute Gasteiger partial charge is 0.438 e. The van der Waals surface area contributed by atoms with Crippen LogP contribution in [0.1, 0.15) is 57.6 Å². The van der Waals surface area contributed by atoms with Crippen molar-refractivity contribution in [1.82, 2.24) is 0 Å². The van der Waals surface area contributed by atoms with E-state index in [0.29, 0.717) is 23.3 Å². The summed E-state index contributed by atoms with van der Waals surface area (Å²) in [5.74, 6) is 1.40. The van der Waals surface area contributed by atoms with Crippen molar-refractivity contribution in [3.05, 3.63) is 59.7 Å². The number of hydrogen-bond donors (Lipinski definition) is 0. The van der Waals surface area contributed by atoms with Gasteiger partial charge in [-0.1, -0.05) is 52.0 Å². The Bertz CT molecular complexity index is 719. The molecule has 2 aromatic carbocycles. The fourth-order valence-corrected chi connectivity index (χ4v) is 4.10. The number of Topliss-reactive ketones (excluding diaryl/α,β-unsaturated/α-hetero) is 1. The molecule has 0 aliphatic rings. The van der Waals surface area contributed by atoms with Crippen LogP contribution in [0.5, 0.6) is 11.5 Å². The summed E-state index contributed by atoms with van der Waals surface area (Å²) in [7, 11) is -3.65. The van der Waals surface area contributed by atoms with Gasteiger partial charge < -0.3 is 9.05 Å². The Morgan fingerprint density at radius 2 is 1.15 bits per heavy atom. The molecule has 0 amide bonds. The fourth-order valence-electron chi connectivity index (χ4n) is 2.50. The molecule has 0 saturated carbocycles. The van der Waals surface area contributed by atoms with Gasteiger partial charge in [0.1, 0.15) is 23.4 Å². The van der Waals surface area contributed by atoms with Crippen LogP contribution in [0, 0.1) is 0 Å². The minimum atomic E-state index is -3.65. The lowest BCUT2D eigenvalue weighted by molar-refractivity contribution is -0.114. The molecular formula is C21H27O4P. The number of benzene rings is 2. The highest BCUT2D eigenvalue weighted by molar-refractivity contribution is 7.55. The second-order valence-corrected chi connectivity index (χ2v) is 9.00. The standard InChI is InChI=1S/C21H27O4P/c1-15(2)18-6-10-20(11-7-18)24-26(23,14-17(5)22)25-21-12-8-19(9-13-21)16(3)4/h6-13,15-16H,14H2,1-5H3. The molecule has 0 unspecified atom stereocenters. The molecule has 0 aliphatic heterocycles. The van der Waals surface area contributed by atoms with E-state index in [-0.39, 0.29) is 11.9 Å². The minimum Gasteiger partial charge on any atom is -0.416 e. The molecule has 2 aromatic rings. The molecule has 0 N–H and O–H groups in total. The van der Waals surface area contributed by atoms with Crippen molar-refractivity contribution >= 4 is 13.4 Å². The van der Waals surface area contributed by atoms with Crippen LogP contribution in [0.15, 0.2) is 48.5 Å². The highest BCUT2D eigenvalue weighted by Crippen LogP contribution is 2.48. The smallest absolute Gasteiger partial charge is 0.416 e. The van der Waals surface area contributed by atoms with Crippen molar-refractivity contribution in [3.8, 4) is 11.5 Å². The van der Waals surface area contributed by atoms with E-state index in [2.05, 4.69) is 27.7 Å². The van der Waals surface area contributed by atoms with Gasteiger partial charge in [0, 0.05) is 0 Å². The molecule has 0 fully saturated rings. The first-order valence-electron chi connectivity index (χ1n) is 8.86. The van der Waals surface area contributed by atoms with Gasteiger partial charge in [-0.25, -0.2) is 4.57 Å². The topological polar surface area (TPSA) is 52.6 Å². The molecule has 0 radical (unpaired) electrons. The van der Waals surface area contributed by atoms with E-state index in [0.717, 1.165) is 11.1 Å². The molecular weight excluding hydrogens is 347 g/mol. The molecule has 0 atom stereocenters. The van der Waals surface area contributed by atoms with Crippen LogP contribution in [0.4, 0.5) is 0 Å². The van der Waals surface area contributed by atoms with Gasteiger partial charge >= 0.3 is 7.60 Å². The van der Waals surface area contributed by atoms with Gasteiger partial charge in [-0.2, -0.15) is 0 Å². The fraction of sp³-hybridized carbons (Fsp3) is 0.381. The predicted molar refractivity (Wildman–Crippen MR) is 105 cm³/mol. The van der Waals surface area contributed by atoms with Crippen LogP contribution < -0.4 is 9.05 Å². The number of carbonyl (C=O) groups excluding carboxylic acids is 1. The summed E-state index contributed by atoms with van der Waals surface area (Å²) in [6.45, 7) is 9.77. The molecule has 2 rings (SSSR count). The van der Waals surface area contributed by atoms with Crippen molar-refractivity contribution in [2.75, 3.05) is 6.16 Å². The van der Waals surface area contributed by atoms with E-state index in [1.54, 1.807) is 24.3 Å². The van der Waals surface area contributed by atoms with E-state index in [4.69, 9.17) is 9.05 Å². The Labute approximate surface area is 156 Å². The SMILES string of the molecule is CC(=O)CP(=O)(Oc1ccc(C(C)C)cc1)Oc1ccc(C(C)C)cc1. The zero-order valence-corrected chi connectivity index (χ0v) is 17.0. The van der Waals surface area contributed by atoms with Gasteiger partial charge in [-0.15, -0.1) is 0 Å². The normalized spacial score (nSPS) is 11.7. The number of rotatable bonds is 8. The van der Waals surface area contributed by atoms with Crippen LogP contribution in [0.3, 0.4) is 0 Å². The second-order valence-electron chi connectivity index (χ2n) is 7.10. The van der Waals surface area contributed by atoms with Crippen molar-refractivity contribution in [3.63, 3.8) is 0 Å². The predicted octanol–water partition coefficient (Wildman–Crippen LogP) is 6.17. The molecule has 0 heterocycles. The van der Waals surface area contributed by atoms with Crippen LogP contribution in [-0.4, -0.2) is 11.9 Å². The highest BCUT2D eigenvalue weighted by Gasteiger charge is 2.30. The highest BCUT2D eigenvalue weighted by atomic mass is 31.2. The molecule has 5 heteroatoms. The average Bonchev–Trinajstić information content (AvgIpc) is 2.54. The molecule has 140 valence electrons. The first-order valence-corrected chi connectivity index (χ1v) is 10.6. The number of hydrogen-bond acceptors (Lipinski definition) is 4. The first-order chi connectivity index (χ1) is 12.2. The van der Waals surface area contributed by atoms with E-state index in [1.807, 2.05) is 24.3 Å². The van der Waals surface area contributed by atoms with Crippen LogP contribution >= 0.6 is 7.60 Å². The van der Waals surface area contributed by atoms with Gasteiger partial charge in [0.2, 0.25) is 0 Å². The molecule has 0 aliphatic carbocycles. The summed E-state index contributed by atoms with van der Waals surface area (Å²) in [5, 5.41) is 0. The zero-order chi connectivity index (χ0) is 19.3. The maximum atomic E-state index is 13.1. The third-order valence-electron chi connectivity index (χ3n) is 4.00. The Balaban J connectivity index is 2.21. The molecule has 4 nitrogen and oxygen atoms in total. The summed E-state index contributed by atoms with van der Waals surface area (Å²) in [6.07, 6.45) is -0.273. The first kappa shape index (κ1) is 20.3.